The molecule has 0 amide bonds. The summed E-state index contributed by atoms with van der Waals surface area (Å²) >= 11 is 0. The molecule has 29 heavy (non-hydrogen) atoms. The number of nitrogens with zero attached hydrogens (tertiary/aromatic N) is 1. The lowest BCUT2D eigenvalue weighted by Gasteiger charge is -2.22. The summed E-state index contributed by atoms with van der Waals surface area (Å²) in [7, 11) is 6.44. The number of hydrogen-bond acceptors (Lipinski definition) is 1. The molecule has 0 aliphatic rings. The third-order valence-corrected chi connectivity index (χ3v) is 4.46. The topological polar surface area (TPSA) is 3.24 Å². The molecular formula is C26H26BNS. The molecular weight excluding hydrogens is 369 g/mol. The molecule has 0 fully saturated rings. The van der Waals surface area contributed by atoms with Gasteiger partial charge in [-0.25, -0.2) is 0 Å². The van der Waals surface area contributed by atoms with Crippen molar-refractivity contribution in [3.05, 3.63) is 109 Å². The number of rotatable bonds is 4. The van der Waals surface area contributed by atoms with Crippen LogP contribution < -0.4 is 4.81 Å². The number of hydrogen-bond donors (Lipinski definition) is 0. The van der Waals surface area contributed by atoms with Crippen LogP contribution in [0.2, 0.25) is 0 Å². The Labute approximate surface area is 182 Å². The van der Waals surface area contributed by atoms with Gasteiger partial charge < -0.3 is 4.81 Å². The highest BCUT2D eigenvalue weighted by atomic mass is 32.1. The van der Waals surface area contributed by atoms with Gasteiger partial charge in [0.2, 0.25) is 7.98 Å². The van der Waals surface area contributed by atoms with Crippen LogP contribution in [0.25, 0.3) is 22.3 Å². The van der Waals surface area contributed by atoms with Crippen molar-refractivity contribution in [2.75, 3.05) is 4.81 Å². The van der Waals surface area contributed by atoms with Gasteiger partial charge in [0.15, 0.2) is 0 Å². The molecule has 0 aliphatic carbocycles. The van der Waals surface area contributed by atoms with Crippen LogP contribution in [0.5, 0.6) is 0 Å². The highest BCUT2D eigenvalue weighted by Crippen LogP contribution is 2.30. The Morgan fingerprint density at radius 2 is 0.828 bits per heavy atom. The van der Waals surface area contributed by atoms with Gasteiger partial charge in [-0.15, -0.1) is 0 Å². The summed E-state index contributed by atoms with van der Waals surface area (Å²) in [5, 5.41) is 0. The molecule has 1 nitrogen and oxygen atoms in total. The summed E-state index contributed by atoms with van der Waals surface area (Å²) in [6.45, 7) is 4.00. The van der Waals surface area contributed by atoms with Gasteiger partial charge in [0.1, 0.15) is 0 Å². The van der Waals surface area contributed by atoms with Crippen LogP contribution in [0, 0.1) is 0 Å². The Morgan fingerprint density at radius 3 is 1.21 bits per heavy atom. The lowest BCUT2D eigenvalue weighted by atomic mass is 10.0. The zero-order valence-electron chi connectivity index (χ0n) is 16.9. The first-order valence-electron chi connectivity index (χ1n) is 9.67. The molecule has 0 aromatic heterocycles. The molecule has 144 valence electrons. The average molecular weight is 395 g/mol. The third-order valence-electron chi connectivity index (χ3n) is 4.46. The molecule has 2 radical (unpaired) electrons. The molecule has 0 saturated heterocycles. The first kappa shape index (κ1) is 22.4. The molecule has 4 aromatic rings. The molecule has 0 N–H and O–H groups in total. The van der Waals surface area contributed by atoms with Crippen LogP contribution in [0.15, 0.2) is 109 Å². The predicted octanol–water partition coefficient (Wildman–Crippen LogP) is 7.38. The van der Waals surface area contributed by atoms with E-state index >= 15 is 0 Å². The van der Waals surface area contributed by atoms with E-state index in [0.29, 0.717) is 0 Å². The van der Waals surface area contributed by atoms with Gasteiger partial charge in [-0.05, 0) is 46.5 Å². The Morgan fingerprint density at radius 1 is 0.483 bits per heavy atom. The zero-order chi connectivity index (χ0) is 19.8. The Balaban J connectivity index is 0.000000970. The van der Waals surface area contributed by atoms with Crippen LogP contribution >= 0.6 is 13.5 Å². The van der Waals surface area contributed by atoms with Crippen molar-refractivity contribution in [3.63, 3.8) is 0 Å². The summed E-state index contributed by atoms with van der Waals surface area (Å²) in [5.74, 6) is 0. The minimum absolute atomic E-state index is 0. The Hall–Kier alpha value is -2.91. The minimum atomic E-state index is 0. The van der Waals surface area contributed by atoms with Gasteiger partial charge in [0.25, 0.3) is 0 Å². The molecule has 0 saturated carbocycles. The molecule has 3 heteroatoms. The highest BCUT2D eigenvalue weighted by molar-refractivity contribution is 7.59. The van der Waals surface area contributed by atoms with Crippen LogP contribution in [-0.4, -0.2) is 7.98 Å². The van der Waals surface area contributed by atoms with Crippen LogP contribution in [0.4, 0.5) is 11.4 Å². The van der Waals surface area contributed by atoms with E-state index in [-0.39, 0.29) is 13.5 Å². The van der Waals surface area contributed by atoms with E-state index in [1.165, 1.54) is 11.1 Å². The van der Waals surface area contributed by atoms with Crippen molar-refractivity contribution in [1.29, 1.82) is 0 Å². The normalized spacial score (nSPS) is 9.59. The summed E-state index contributed by atoms with van der Waals surface area (Å²) in [6, 6.07) is 37.2. The van der Waals surface area contributed by atoms with Crippen LogP contribution in [0.3, 0.4) is 0 Å². The van der Waals surface area contributed by atoms with Gasteiger partial charge >= 0.3 is 0 Å². The summed E-state index contributed by atoms with van der Waals surface area (Å²) in [5.41, 5.74) is 6.57. The summed E-state index contributed by atoms with van der Waals surface area (Å²) in [6.07, 6.45) is 0. The van der Waals surface area contributed by atoms with Crippen molar-refractivity contribution < 1.29 is 0 Å². The van der Waals surface area contributed by atoms with Gasteiger partial charge in [-0.1, -0.05) is 98.8 Å². The second-order valence-electron chi connectivity index (χ2n) is 6.20. The number of anilines is 2. The lowest BCUT2D eigenvalue weighted by molar-refractivity contribution is 1.41. The van der Waals surface area contributed by atoms with Gasteiger partial charge in [0, 0.05) is 11.4 Å². The number of benzene rings is 4. The minimum Gasteiger partial charge on any atom is -0.398 e. The zero-order valence-corrected chi connectivity index (χ0v) is 17.9. The summed E-state index contributed by atoms with van der Waals surface area (Å²) < 4.78 is 0. The molecule has 0 atom stereocenters. The van der Waals surface area contributed by atoms with Crippen molar-refractivity contribution in [3.8, 4) is 22.3 Å². The third kappa shape index (κ3) is 5.55. The first-order valence-corrected chi connectivity index (χ1v) is 9.67. The fourth-order valence-electron chi connectivity index (χ4n) is 3.08. The highest BCUT2D eigenvalue weighted by Gasteiger charge is 2.07. The fourth-order valence-corrected chi connectivity index (χ4v) is 3.08. The van der Waals surface area contributed by atoms with Gasteiger partial charge in [-0.2, -0.15) is 13.5 Å². The van der Waals surface area contributed by atoms with Gasteiger partial charge in [-0.3, -0.25) is 0 Å². The standard InChI is InChI=1S/C24H18BN.C2H6.H2S/c25-26(23-15-7-13-21(17-23)19-9-3-1-4-10-19)24-16-8-14-22(18-24)20-11-5-2-6-12-20;1-2;/h1-18H;1-2H3;1H2. The SMILES string of the molecule is CC.S.[B]N(c1cccc(-c2ccccc2)c1)c1cccc(-c2ccccc2)c1. The molecule has 0 heterocycles. The van der Waals surface area contributed by atoms with E-state index in [1.807, 2.05) is 74.5 Å². The second kappa shape index (κ2) is 11.2. The maximum Gasteiger partial charge on any atom is 0.234 e. The smallest absolute Gasteiger partial charge is 0.234 e. The van der Waals surface area contributed by atoms with Crippen molar-refractivity contribution >= 4 is 32.9 Å². The van der Waals surface area contributed by atoms with E-state index in [9.17, 15) is 0 Å². The fraction of sp³-hybridized carbons (Fsp3) is 0.0769. The van der Waals surface area contributed by atoms with Crippen LogP contribution in [0.1, 0.15) is 13.8 Å². The van der Waals surface area contributed by atoms with Crippen LogP contribution in [-0.2, 0) is 0 Å². The van der Waals surface area contributed by atoms with E-state index < -0.39 is 0 Å². The maximum absolute atomic E-state index is 6.44. The molecule has 0 unspecified atom stereocenters. The average Bonchev–Trinajstić information content (AvgIpc) is 2.81. The summed E-state index contributed by atoms with van der Waals surface area (Å²) in [4.78, 5) is 1.74. The molecule has 4 aromatic carbocycles. The van der Waals surface area contributed by atoms with E-state index in [2.05, 4.69) is 48.5 Å². The van der Waals surface area contributed by atoms with Gasteiger partial charge in [0.05, 0.1) is 0 Å². The molecule has 0 spiro atoms. The second-order valence-corrected chi connectivity index (χ2v) is 6.20. The monoisotopic (exact) mass is 395 g/mol. The molecule has 0 bridgehead atoms. The maximum atomic E-state index is 6.44. The van der Waals surface area contributed by atoms with Crippen molar-refractivity contribution in [2.24, 2.45) is 0 Å². The molecule has 4 rings (SSSR count). The predicted molar refractivity (Wildman–Crippen MR) is 133 cm³/mol. The lowest BCUT2D eigenvalue weighted by Crippen LogP contribution is -2.11. The van der Waals surface area contributed by atoms with Crippen molar-refractivity contribution in [1.82, 2.24) is 0 Å². The Bertz CT molecular complexity index is 920. The van der Waals surface area contributed by atoms with E-state index in [0.717, 1.165) is 22.5 Å². The van der Waals surface area contributed by atoms with E-state index in [1.54, 1.807) is 4.81 Å². The largest absolute Gasteiger partial charge is 0.398 e. The Kier molecular flexibility index (Phi) is 8.63. The molecule has 0 aliphatic heterocycles. The first-order chi connectivity index (χ1) is 13.8. The van der Waals surface area contributed by atoms with Crippen molar-refractivity contribution in [2.45, 2.75) is 13.8 Å². The quantitative estimate of drug-likeness (QED) is 0.326. The van der Waals surface area contributed by atoms with E-state index in [4.69, 9.17) is 7.98 Å².